The molecule has 84 valence electrons. The Kier molecular flexibility index (Phi) is 5.37. The van der Waals surface area contributed by atoms with Crippen LogP contribution >= 0.6 is 0 Å². The van der Waals surface area contributed by atoms with Gasteiger partial charge < -0.3 is 9.84 Å². The lowest BCUT2D eigenvalue weighted by Crippen LogP contribution is -2.21. The Morgan fingerprint density at radius 2 is 1.93 bits per heavy atom. The molecule has 0 bridgehead atoms. The van der Waals surface area contributed by atoms with Crippen molar-refractivity contribution < 1.29 is 9.84 Å². The Balaban J connectivity index is 2.22. The van der Waals surface area contributed by atoms with Gasteiger partial charge in [-0.1, -0.05) is 44.2 Å². The van der Waals surface area contributed by atoms with E-state index in [1.54, 1.807) is 0 Å². The van der Waals surface area contributed by atoms with E-state index in [0.29, 0.717) is 6.61 Å². The van der Waals surface area contributed by atoms with Crippen LogP contribution in [0.15, 0.2) is 30.3 Å². The van der Waals surface area contributed by atoms with Crippen molar-refractivity contribution in [3.63, 3.8) is 0 Å². The standard InChI is InChI=1S/C13H20O2/c1-3-11(2)13(14)15-10-9-12-7-5-4-6-8-12/h4-8,11,13-14H,3,9-10H2,1-2H3. The molecular weight excluding hydrogens is 188 g/mol. The van der Waals surface area contributed by atoms with Crippen LogP contribution in [0.25, 0.3) is 0 Å². The molecule has 0 aliphatic heterocycles. The van der Waals surface area contributed by atoms with E-state index in [1.165, 1.54) is 5.56 Å². The van der Waals surface area contributed by atoms with Gasteiger partial charge in [-0.3, -0.25) is 0 Å². The van der Waals surface area contributed by atoms with Crippen LogP contribution in [0.1, 0.15) is 25.8 Å². The van der Waals surface area contributed by atoms with Crippen LogP contribution in [-0.4, -0.2) is 18.0 Å². The highest BCUT2D eigenvalue weighted by Gasteiger charge is 2.11. The normalized spacial score (nSPS) is 14.9. The molecule has 0 saturated carbocycles. The molecule has 2 unspecified atom stereocenters. The molecule has 0 heterocycles. The van der Waals surface area contributed by atoms with E-state index in [0.717, 1.165) is 12.8 Å². The summed E-state index contributed by atoms with van der Waals surface area (Å²) in [6, 6.07) is 10.2. The van der Waals surface area contributed by atoms with E-state index in [2.05, 4.69) is 19.1 Å². The fraction of sp³-hybridized carbons (Fsp3) is 0.538. The van der Waals surface area contributed by atoms with Crippen molar-refractivity contribution in [1.29, 1.82) is 0 Å². The second kappa shape index (κ2) is 6.59. The summed E-state index contributed by atoms with van der Waals surface area (Å²) in [7, 11) is 0. The number of hydrogen-bond donors (Lipinski definition) is 1. The Morgan fingerprint density at radius 3 is 2.53 bits per heavy atom. The molecular formula is C13H20O2. The molecule has 2 heteroatoms. The molecule has 1 aromatic rings. The first-order valence-corrected chi connectivity index (χ1v) is 5.57. The van der Waals surface area contributed by atoms with Gasteiger partial charge in [-0.05, 0) is 18.4 Å². The van der Waals surface area contributed by atoms with Gasteiger partial charge in [0.2, 0.25) is 0 Å². The van der Waals surface area contributed by atoms with Gasteiger partial charge in [0.1, 0.15) is 0 Å². The van der Waals surface area contributed by atoms with E-state index in [-0.39, 0.29) is 5.92 Å². The highest BCUT2D eigenvalue weighted by molar-refractivity contribution is 5.14. The average molecular weight is 208 g/mol. The first-order valence-electron chi connectivity index (χ1n) is 5.57. The Hall–Kier alpha value is -0.860. The summed E-state index contributed by atoms with van der Waals surface area (Å²) in [6.45, 7) is 4.62. The number of rotatable bonds is 6. The lowest BCUT2D eigenvalue weighted by atomic mass is 10.1. The van der Waals surface area contributed by atoms with Crippen molar-refractivity contribution in [2.75, 3.05) is 6.61 Å². The Bertz CT molecular complexity index is 258. The maximum Gasteiger partial charge on any atom is 0.157 e. The fourth-order valence-electron chi connectivity index (χ4n) is 1.31. The first-order chi connectivity index (χ1) is 7.24. The molecule has 2 atom stereocenters. The number of benzene rings is 1. The fourth-order valence-corrected chi connectivity index (χ4v) is 1.31. The molecule has 1 rings (SSSR count). The maximum absolute atomic E-state index is 9.57. The van der Waals surface area contributed by atoms with Gasteiger partial charge in [-0.2, -0.15) is 0 Å². The van der Waals surface area contributed by atoms with Crippen LogP contribution in [0.4, 0.5) is 0 Å². The Labute approximate surface area is 91.9 Å². The number of aliphatic hydroxyl groups is 1. The SMILES string of the molecule is CCC(C)C(O)OCCc1ccccc1. The molecule has 0 aliphatic rings. The molecule has 0 fully saturated rings. The van der Waals surface area contributed by atoms with Gasteiger partial charge in [0.15, 0.2) is 6.29 Å². The summed E-state index contributed by atoms with van der Waals surface area (Å²) in [6.07, 6.45) is 1.17. The second-order valence-corrected chi connectivity index (χ2v) is 3.88. The summed E-state index contributed by atoms with van der Waals surface area (Å²) in [4.78, 5) is 0. The number of hydrogen-bond acceptors (Lipinski definition) is 2. The minimum atomic E-state index is -0.626. The summed E-state index contributed by atoms with van der Waals surface area (Å²) in [5.74, 6) is 0.209. The van der Waals surface area contributed by atoms with Gasteiger partial charge in [0.05, 0.1) is 6.61 Å². The summed E-state index contributed by atoms with van der Waals surface area (Å²) in [5.41, 5.74) is 1.24. The largest absolute Gasteiger partial charge is 0.368 e. The quantitative estimate of drug-likeness (QED) is 0.728. The topological polar surface area (TPSA) is 29.5 Å². The van der Waals surface area contributed by atoms with E-state index in [9.17, 15) is 5.11 Å². The molecule has 1 N–H and O–H groups in total. The predicted octanol–water partition coefficient (Wildman–Crippen LogP) is 2.61. The molecule has 2 nitrogen and oxygen atoms in total. The van der Waals surface area contributed by atoms with Crippen molar-refractivity contribution >= 4 is 0 Å². The van der Waals surface area contributed by atoms with Gasteiger partial charge in [0, 0.05) is 5.92 Å². The van der Waals surface area contributed by atoms with Crippen LogP contribution in [0.2, 0.25) is 0 Å². The highest BCUT2D eigenvalue weighted by Crippen LogP contribution is 2.09. The van der Waals surface area contributed by atoms with Crippen molar-refractivity contribution in [1.82, 2.24) is 0 Å². The monoisotopic (exact) mass is 208 g/mol. The van der Waals surface area contributed by atoms with E-state index >= 15 is 0 Å². The molecule has 15 heavy (non-hydrogen) atoms. The second-order valence-electron chi connectivity index (χ2n) is 3.88. The summed E-state index contributed by atoms with van der Waals surface area (Å²) in [5, 5.41) is 9.57. The first kappa shape index (κ1) is 12.2. The molecule has 0 amide bonds. The van der Waals surface area contributed by atoms with Crippen LogP contribution in [-0.2, 0) is 11.2 Å². The zero-order valence-electron chi connectivity index (χ0n) is 9.52. The maximum atomic E-state index is 9.57. The third-order valence-corrected chi connectivity index (χ3v) is 2.65. The van der Waals surface area contributed by atoms with Gasteiger partial charge in [-0.15, -0.1) is 0 Å². The van der Waals surface area contributed by atoms with Crippen LogP contribution in [0.3, 0.4) is 0 Å². The van der Waals surface area contributed by atoms with Crippen LogP contribution < -0.4 is 0 Å². The highest BCUT2D eigenvalue weighted by atomic mass is 16.6. The lowest BCUT2D eigenvalue weighted by molar-refractivity contribution is -0.129. The average Bonchev–Trinajstić information content (AvgIpc) is 2.29. The number of ether oxygens (including phenoxy) is 1. The summed E-state index contributed by atoms with van der Waals surface area (Å²) >= 11 is 0. The van der Waals surface area contributed by atoms with Crippen molar-refractivity contribution in [3.8, 4) is 0 Å². The third kappa shape index (κ3) is 4.45. The molecule has 0 saturated heterocycles. The van der Waals surface area contributed by atoms with Gasteiger partial charge >= 0.3 is 0 Å². The van der Waals surface area contributed by atoms with Gasteiger partial charge in [0.25, 0.3) is 0 Å². The van der Waals surface area contributed by atoms with Crippen molar-refractivity contribution in [2.45, 2.75) is 33.0 Å². The summed E-state index contributed by atoms with van der Waals surface area (Å²) < 4.78 is 5.35. The van der Waals surface area contributed by atoms with Crippen molar-refractivity contribution in [3.05, 3.63) is 35.9 Å². The van der Waals surface area contributed by atoms with Crippen LogP contribution in [0, 0.1) is 5.92 Å². The molecule has 1 aromatic carbocycles. The van der Waals surface area contributed by atoms with Gasteiger partial charge in [-0.25, -0.2) is 0 Å². The lowest BCUT2D eigenvalue weighted by Gasteiger charge is -2.17. The minimum absolute atomic E-state index is 0.209. The molecule has 0 aliphatic carbocycles. The molecule has 0 aromatic heterocycles. The van der Waals surface area contributed by atoms with E-state index in [4.69, 9.17) is 4.74 Å². The Morgan fingerprint density at radius 1 is 1.27 bits per heavy atom. The molecule has 0 spiro atoms. The van der Waals surface area contributed by atoms with E-state index in [1.807, 2.05) is 25.1 Å². The zero-order valence-corrected chi connectivity index (χ0v) is 9.52. The third-order valence-electron chi connectivity index (χ3n) is 2.65. The van der Waals surface area contributed by atoms with Crippen LogP contribution in [0.5, 0.6) is 0 Å². The van der Waals surface area contributed by atoms with Crippen molar-refractivity contribution in [2.24, 2.45) is 5.92 Å². The molecule has 0 radical (unpaired) electrons. The zero-order chi connectivity index (χ0) is 11.1. The minimum Gasteiger partial charge on any atom is -0.368 e. The van der Waals surface area contributed by atoms with E-state index < -0.39 is 6.29 Å². The number of aliphatic hydroxyl groups excluding tert-OH is 1. The smallest absolute Gasteiger partial charge is 0.157 e. The predicted molar refractivity (Wildman–Crippen MR) is 61.6 cm³/mol.